The van der Waals surface area contributed by atoms with Gasteiger partial charge in [-0.25, -0.2) is 0 Å². The summed E-state index contributed by atoms with van der Waals surface area (Å²) in [5, 5.41) is 6.25. The average molecular weight is 306 g/mol. The topological polar surface area (TPSA) is 59.6 Å². The molecule has 0 aromatic heterocycles. The van der Waals surface area contributed by atoms with Crippen LogP contribution in [0.15, 0.2) is 24.3 Å². The molecule has 0 saturated carbocycles. The first-order valence-electron chi connectivity index (χ1n) is 7.90. The van der Waals surface area contributed by atoms with E-state index >= 15 is 0 Å². The summed E-state index contributed by atoms with van der Waals surface area (Å²) in [6, 6.07) is 8.12. The minimum atomic E-state index is -0.680. The number of piperidine rings is 1. The van der Waals surface area contributed by atoms with Gasteiger partial charge in [0.15, 0.2) is 0 Å². The van der Waals surface area contributed by atoms with Crippen molar-refractivity contribution in [1.29, 1.82) is 0 Å². The number of carbonyl (C=O) groups excluding carboxylic acids is 1. The lowest BCUT2D eigenvalue weighted by molar-refractivity contribution is -0.146. The van der Waals surface area contributed by atoms with Crippen LogP contribution in [0.2, 0.25) is 0 Å². The molecule has 0 atom stereocenters. The van der Waals surface area contributed by atoms with Gasteiger partial charge in [-0.15, -0.1) is 0 Å². The predicted molar refractivity (Wildman–Crippen MR) is 85.5 cm³/mol. The number of benzene rings is 1. The maximum Gasteiger partial charge on any atom is 0.252 e. The van der Waals surface area contributed by atoms with Gasteiger partial charge in [0.05, 0.1) is 6.61 Å². The Morgan fingerprint density at radius 1 is 1.23 bits per heavy atom. The molecular formula is C17H26N2O3. The van der Waals surface area contributed by atoms with Gasteiger partial charge in [-0.05, 0) is 44.0 Å². The number of methoxy groups -OCH3 is 1. The first-order chi connectivity index (χ1) is 10.7. The van der Waals surface area contributed by atoms with Crippen molar-refractivity contribution in [3.63, 3.8) is 0 Å². The van der Waals surface area contributed by atoms with Crippen LogP contribution in [0.5, 0.6) is 0 Å². The summed E-state index contributed by atoms with van der Waals surface area (Å²) in [5.41, 5.74) is 1.54. The highest BCUT2D eigenvalue weighted by molar-refractivity contribution is 5.85. The van der Waals surface area contributed by atoms with E-state index in [1.165, 1.54) is 0 Å². The lowest BCUT2D eigenvalue weighted by atomic mass is 9.91. The van der Waals surface area contributed by atoms with Gasteiger partial charge in [0.2, 0.25) is 0 Å². The van der Waals surface area contributed by atoms with Crippen LogP contribution >= 0.6 is 0 Å². The zero-order valence-corrected chi connectivity index (χ0v) is 13.5. The summed E-state index contributed by atoms with van der Waals surface area (Å²) in [6.07, 6.45) is 1.42. The molecule has 1 aliphatic rings. The molecule has 1 heterocycles. The Hall–Kier alpha value is -1.43. The molecule has 0 aliphatic carbocycles. The van der Waals surface area contributed by atoms with Gasteiger partial charge in [0, 0.05) is 20.3 Å². The maximum atomic E-state index is 12.4. The van der Waals surface area contributed by atoms with Crippen molar-refractivity contribution in [2.75, 3.05) is 26.8 Å². The molecular weight excluding hydrogens is 280 g/mol. The maximum absolute atomic E-state index is 12.4. The summed E-state index contributed by atoms with van der Waals surface area (Å²) < 4.78 is 10.9. The zero-order valence-electron chi connectivity index (χ0n) is 13.5. The molecule has 0 radical (unpaired) electrons. The lowest BCUT2D eigenvalue weighted by Gasteiger charge is -2.34. The molecule has 1 aromatic carbocycles. The van der Waals surface area contributed by atoms with Crippen molar-refractivity contribution in [2.24, 2.45) is 0 Å². The number of carbonyl (C=O) groups is 1. The van der Waals surface area contributed by atoms with Crippen LogP contribution in [-0.4, -0.2) is 38.3 Å². The van der Waals surface area contributed by atoms with E-state index in [0.29, 0.717) is 32.6 Å². The lowest BCUT2D eigenvalue weighted by Crippen LogP contribution is -2.53. The molecule has 5 heteroatoms. The van der Waals surface area contributed by atoms with E-state index in [1.807, 2.05) is 31.2 Å². The van der Waals surface area contributed by atoms with E-state index in [2.05, 4.69) is 10.6 Å². The molecule has 1 saturated heterocycles. The van der Waals surface area contributed by atoms with Gasteiger partial charge < -0.3 is 20.1 Å². The van der Waals surface area contributed by atoms with Crippen LogP contribution in [-0.2, 0) is 27.4 Å². The molecule has 22 heavy (non-hydrogen) atoms. The summed E-state index contributed by atoms with van der Waals surface area (Å²) >= 11 is 0. The Balaban J connectivity index is 1.87. The average Bonchev–Trinajstić information content (AvgIpc) is 2.59. The molecule has 2 N–H and O–H groups in total. The molecule has 0 spiro atoms. The Morgan fingerprint density at radius 2 is 1.86 bits per heavy atom. The predicted octanol–water partition coefficient (Wildman–Crippen LogP) is 1.61. The van der Waals surface area contributed by atoms with E-state index in [1.54, 1.807) is 7.11 Å². The van der Waals surface area contributed by atoms with Crippen LogP contribution in [0.4, 0.5) is 0 Å². The second-order valence-corrected chi connectivity index (χ2v) is 5.58. The van der Waals surface area contributed by atoms with Crippen molar-refractivity contribution in [3.05, 3.63) is 35.4 Å². The third-order valence-electron chi connectivity index (χ3n) is 4.16. The molecule has 122 valence electrons. The minimum Gasteiger partial charge on any atom is -0.377 e. The quantitative estimate of drug-likeness (QED) is 0.803. The number of ether oxygens (including phenoxy) is 2. The fourth-order valence-electron chi connectivity index (χ4n) is 2.67. The zero-order chi connectivity index (χ0) is 15.8. The molecule has 2 rings (SSSR count). The number of hydrogen-bond donors (Lipinski definition) is 2. The third kappa shape index (κ3) is 4.29. The van der Waals surface area contributed by atoms with Crippen LogP contribution in [0.25, 0.3) is 0 Å². The smallest absolute Gasteiger partial charge is 0.252 e. The normalized spacial score (nSPS) is 17.2. The van der Waals surface area contributed by atoms with Gasteiger partial charge in [0.25, 0.3) is 5.91 Å². The largest absolute Gasteiger partial charge is 0.377 e. The van der Waals surface area contributed by atoms with Crippen LogP contribution < -0.4 is 10.6 Å². The fraction of sp³-hybridized carbons (Fsp3) is 0.588. The Labute approximate surface area is 132 Å². The number of amides is 1. The van der Waals surface area contributed by atoms with E-state index in [0.717, 1.165) is 24.2 Å². The number of nitrogens with one attached hydrogen (secondary N) is 2. The standard InChI is InChI=1S/C17H26N2O3/c1-3-22-13-15-6-4-14(5-7-15)12-19-16(20)17(21-2)8-10-18-11-9-17/h4-7,18H,3,8-13H2,1-2H3,(H,19,20). The van der Waals surface area contributed by atoms with E-state index in [4.69, 9.17) is 9.47 Å². The van der Waals surface area contributed by atoms with Crippen molar-refractivity contribution in [2.45, 2.75) is 38.5 Å². The monoisotopic (exact) mass is 306 g/mol. The molecule has 0 unspecified atom stereocenters. The van der Waals surface area contributed by atoms with Crippen LogP contribution in [0.3, 0.4) is 0 Å². The van der Waals surface area contributed by atoms with Gasteiger partial charge in [-0.1, -0.05) is 24.3 Å². The molecule has 1 fully saturated rings. The van der Waals surface area contributed by atoms with Crippen molar-refractivity contribution < 1.29 is 14.3 Å². The van der Waals surface area contributed by atoms with Crippen LogP contribution in [0.1, 0.15) is 30.9 Å². The van der Waals surface area contributed by atoms with Crippen molar-refractivity contribution >= 4 is 5.91 Å². The Bertz CT molecular complexity index is 467. The van der Waals surface area contributed by atoms with Gasteiger partial charge in [-0.2, -0.15) is 0 Å². The highest BCUT2D eigenvalue weighted by atomic mass is 16.5. The summed E-state index contributed by atoms with van der Waals surface area (Å²) in [5.74, 6) is -0.0186. The summed E-state index contributed by atoms with van der Waals surface area (Å²) in [7, 11) is 1.62. The van der Waals surface area contributed by atoms with Crippen molar-refractivity contribution in [3.8, 4) is 0 Å². The molecule has 0 bridgehead atoms. The fourth-order valence-corrected chi connectivity index (χ4v) is 2.67. The van der Waals surface area contributed by atoms with E-state index < -0.39 is 5.60 Å². The second-order valence-electron chi connectivity index (χ2n) is 5.58. The summed E-state index contributed by atoms with van der Waals surface area (Å²) in [4.78, 5) is 12.4. The van der Waals surface area contributed by atoms with Crippen molar-refractivity contribution in [1.82, 2.24) is 10.6 Å². The van der Waals surface area contributed by atoms with Gasteiger partial charge in [0.1, 0.15) is 5.60 Å². The highest BCUT2D eigenvalue weighted by Crippen LogP contribution is 2.22. The number of hydrogen-bond acceptors (Lipinski definition) is 4. The number of rotatable bonds is 7. The van der Waals surface area contributed by atoms with Gasteiger partial charge >= 0.3 is 0 Å². The molecule has 1 amide bonds. The summed E-state index contributed by atoms with van der Waals surface area (Å²) in [6.45, 7) is 5.47. The molecule has 5 nitrogen and oxygen atoms in total. The Kier molecular flexibility index (Phi) is 6.36. The van der Waals surface area contributed by atoms with E-state index in [-0.39, 0.29) is 5.91 Å². The highest BCUT2D eigenvalue weighted by Gasteiger charge is 2.39. The molecule has 1 aliphatic heterocycles. The van der Waals surface area contributed by atoms with Gasteiger partial charge in [-0.3, -0.25) is 4.79 Å². The first kappa shape index (κ1) is 16.9. The third-order valence-corrected chi connectivity index (χ3v) is 4.16. The first-order valence-corrected chi connectivity index (χ1v) is 7.90. The minimum absolute atomic E-state index is 0.0186. The second kappa shape index (κ2) is 8.27. The molecule has 1 aromatic rings. The van der Waals surface area contributed by atoms with Crippen LogP contribution in [0, 0.1) is 0 Å². The SMILES string of the molecule is CCOCc1ccc(CNC(=O)C2(OC)CCNCC2)cc1. The van der Waals surface area contributed by atoms with E-state index in [9.17, 15) is 4.79 Å². The Morgan fingerprint density at radius 3 is 2.45 bits per heavy atom.